The molecule has 14 heavy (non-hydrogen) atoms. The summed E-state index contributed by atoms with van der Waals surface area (Å²) in [6.07, 6.45) is -4.68. The first-order valence-electron chi connectivity index (χ1n) is 3.39. The molecule has 1 nitrogen and oxygen atoms in total. The van der Waals surface area contributed by atoms with E-state index in [4.69, 9.17) is 23.2 Å². The Balaban J connectivity index is 3.45. The van der Waals surface area contributed by atoms with Crippen molar-refractivity contribution in [3.05, 3.63) is 34.3 Å². The Hall–Kier alpha value is -0.740. The Labute approximate surface area is 87.4 Å². The van der Waals surface area contributed by atoms with E-state index in [0.29, 0.717) is 0 Å². The summed E-state index contributed by atoms with van der Waals surface area (Å²) in [7, 11) is 0. The average molecular weight is 243 g/mol. The van der Waals surface area contributed by atoms with Gasteiger partial charge in [0, 0.05) is 5.56 Å². The first-order valence-corrected chi connectivity index (χ1v) is 4.15. The zero-order chi connectivity index (χ0) is 10.9. The van der Waals surface area contributed by atoms with Crippen LogP contribution < -0.4 is 0 Å². The Morgan fingerprint density at radius 2 is 1.86 bits per heavy atom. The van der Waals surface area contributed by atoms with Gasteiger partial charge in [-0.25, -0.2) is 0 Å². The first kappa shape index (κ1) is 11.3. The number of alkyl halides is 3. The Morgan fingerprint density at radius 3 is 2.21 bits per heavy atom. The molecule has 0 aliphatic rings. The molecule has 0 N–H and O–H groups in total. The Morgan fingerprint density at radius 1 is 1.29 bits per heavy atom. The fraction of sp³-hybridized carbons (Fsp3) is 0.125. The summed E-state index contributed by atoms with van der Waals surface area (Å²) < 4.78 is 37.1. The standard InChI is InChI=1S/C8H3Cl2F3O/c9-5-3-1-2-4(7(10)14)6(5)8(11,12)13/h1-3H. The van der Waals surface area contributed by atoms with Gasteiger partial charge in [0.25, 0.3) is 5.24 Å². The highest BCUT2D eigenvalue weighted by atomic mass is 35.5. The van der Waals surface area contributed by atoms with Gasteiger partial charge in [0.05, 0.1) is 10.6 Å². The maximum atomic E-state index is 12.4. The van der Waals surface area contributed by atoms with Crippen molar-refractivity contribution in [1.29, 1.82) is 0 Å². The van der Waals surface area contributed by atoms with Crippen molar-refractivity contribution in [3.8, 4) is 0 Å². The zero-order valence-corrected chi connectivity index (χ0v) is 8.04. The van der Waals surface area contributed by atoms with Gasteiger partial charge in [-0.1, -0.05) is 17.7 Å². The molecule has 0 aliphatic carbocycles. The number of benzene rings is 1. The second kappa shape index (κ2) is 3.79. The molecule has 1 aromatic carbocycles. The summed E-state index contributed by atoms with van der Waals surface area (Å²) in [5, 5.41) is -1.72. The molecule has 0 heterocycles. The highest BCUT2D eigenvalue weighted by Gasteiger charge is 2.37. The van der Waals surface area contributed by atoms with Gasteiger partial charge in [0.15, 0.2) is 0 Å². The summed E-state index contributed by atoms with van der Waals surface area (Å²) in [5.41, 5.74) is -1.83. The monoisotopic (exact) mass is 242 g/mol. The third kappa shape index (κ3) is 2.19. The van der Waals surface area contributed by atoms with Crippen LogP contribution in [0.4, 0.5) is 13.2 Å². The lowest BCUT2D eigenvalue weighted by Gasteiger charge is -2.11. The van der Waals surface area contributed by atoms with Crippen LogP contribution >= 0.6 is 23.2 Å². The molecule has 0 saturated carbocycles. The van der Waals surface area contributed by atoms with Crippen LogP contribution in [0.15, 0.2) is 18.2 Å². The van der Waals surface area contributed by atoms with Gasteiger partial charge in [-0.15, -0.1) is 0 Å². The van der Waals surface area contributed by atoms with Crippen LogP contribution in [0, 0.1) is 0 Å². The van der Waals surface area contributed by atoms with Crippen LogP contribution in [-0.2, 0) is 6.18 Å². The third-order valence-corrected chi connectivity index (χ3v) is 2.03. The van der Waals surface area contributed by atoms with Crippen molar-refractivity contribution < 1.29 is 18.0 Å². The van der Waals surface area contributed by atoms with Crippen molar-refractivity contribution in [2.75, 3.05) is 0 Å². The topological polar surface area (TPSA) is 17.1 Å². The largest absolute Gasteiger partial charge is 0.418 e. The number of carbonyl (C=O) groups excluding carboxylic acids is 1. The minimum absolute atomic E-state index is 0.538. The number of halogens is 5. The maximum Gasteiger partial charge on any atom is 0.418 e. The number of hydrogen-bond acceptors (Lipinski definition) is 1. The van der Waals surface area contributed by atoms with Crippen molar-refractivity contribution in [3.63, 3.8) is 0 Å². The number of carbonyl (C=O) groups is 1. The van der Waals surface area contributed by atoms with E-state index in [1.165, 1.54) is 6.07 Å². The van der Waals surface area contributed by atoms with Crippen LogP contribution in [-0.4, -0.2) is 5.24 Å². The van der Waals surface area contributed by atoms with E-state index < -0.39 is 27.6 Å². The molecule has 0 aromatic heterocycles. The molecule has 0 saturated heterocycles. The lowest BCUT2D eigenvalue weighted by atomic mass is 10.1. The van der Waals surface area contributed by atoms with E-state index in [1.807, 2.05) is 0 Å². The van der Waals surface area contributed by atoms with Gasteiger partial charge in [-0.05, 0) is 23.7 Å². The van der Waals surface area contributed by atoms with Crippen LogP contribution in [0.2, 0.25) is 5.02 Å². The lowest BCUT2D eigenvalue weighted by molar-refractivity contribution is -0.137. The molecule has 0 spiro atoms. The van der Waals surface area contributed by atoms with E-state index in [1.54, 1.807) is 0 Å². The molecule has 6 heteroatoms. The normalized spacial score (nSPS) is 11.5. The molecule has 0 fully saturated rings. The zero-order valence-electron chi connectivity index (χ0n) is 6.53. The molecule has 1 aromatic rings. The highest BCUT2D eigenvalue weighted by molar-refractivity contribution is 6.68. The minimum atomic E-state index is -4.68. The van der Waals surface area contributed by atoms with E-state index in [-0.39, 0.29) is 0 Å². The van der Waals surface area contributed by atoms with Gasteiger partial charge >= 0.3 is 6.18 Å². The number of rotatable bonds is 1. The molecule has 0 atom stereocenters. The molecule has 76 valence electrons. The van der Waals surface area contributed by atoms with Gasteiger partial charge < -0.3 is 0 Å². The van der Waals surface area contributed by atoms with Crippen molar-refractivity contribution in [2.24, 2.45) is 0 Å². The highest BCUT2D eigenvalue weighted by Crippen LogP contribution is 2.37. The minimum Gasteiger partial charge on any atom is -0.276 e. The van der Waals surface area contributed by atoms with Gasteiger partial charge in [0.2, 0.25) is 0 Å². The molecular weight excluding hydrogens is 240 g/mol. The SMILES string of the molecule is O=C(Cl)c1cccc(Cl)c1C(F)(F)F. The predicted octanol–water partition coefficient (Wildman–Crippen LogP) is 3.74. The Kier molecular flexibility index (Phi) is 3.07. The summed E-state index contributed by atoms with van der Waals surface area (Å²) in [6.45, 7) is 0. The molecule has 0 unspecified atom stereocenters. The van der Waals surface area contributed by atoms with E-state index in [0.717, 1.165) is 12.1 Å². The van der Waals surface area contributed by atoms with Crippen molar-refractivity contribution in [2.45, 2.75) is 6.18 Å². The summed E-state index contributed by atoms with van der Waals surface area (Å²) in [5.74, 6) is 0. The van der Waals surface area contributed by atoms with Crippen LogP contribution in [0.25, 0.3) is 0 Å². The molecule has 0 radical (unpaired) electrons. The smallest absolute Gasteiger partial charge is 0.276 e. The first-order chi connectivity index (χ1) is 6.34. The van der Waals surface area contributed by atoms with Crippen LogP contribution in [0.5, 0.6) is 0 Å². The fourth-order valence-electron chi connectivity index (χ4n) is 0.976. The number of hydrogen-bond donors (Lipinski definition) is 0. The fourth-order valence-corrected chi connectivity index (χ4v) is 1.42. The van der Waals surface area contributed by atoms with Gasteiger partial charge in [0.1, 0.15) is 0 Å². The second-order valence-electron chi connectivity index (χ2n) is 2.43. The van der Waals surface area contributed by atoms with Crippen LogP contribution in [0.1, 0.15) is 15.9 Å². The molecule has 0 amide bonds. The summed E-state index contributed by atoms with van der Waals surface area (Å²) >= 11 is 10.3. The predicted molar refractivity (Wildman–Crippen MR) is 46.6 cm³/mol. The van der Waals surface area contributed by atoms with Crippen molar-refractivity contribution in [1.82, 2.24) is 0 Å². The summed E-state index contributed by atoms with van der Waals surface area (Å²) in [4.78, 5) is 10.7. The van der Waals surface area contributed by atoms with Gasteiger partial charge in [-0.2, -0.15) is 13.2 Å². The lowest BCUT2D eigenvalue weighted by Crippen LogP contribution is -2.11. The van der Waals surface area contributed by atoms with E-state index in [9.17, 15) is 18.0 Å². The third-order valence-electron chi connectivity index (χ3n) is 1.51. The Bertz CT molecular complexity index is 373. The van der Waals surface area contributed by atoms with E-state index in [2.05, 4.69) is 0 Å². The molecule has 1 rings (SSSR count). The molecule has 0 bridgehead atoms. The summed E-state index contributed by atoms with van der Waals surface area (Å²) in [6, 6.07) is 3.25. The van der Waals surface area contributed by atoms with E-state index >= 15 is 0 Å². The van der Waals surface area contributed by atoms with Crippen molar-refractivity contribution >= 4 is 28.4 Å². The second-order valence-corrected chi connectivity index (χ2v) is 3.18. The quantitative estimate of drug-likeness (QED) is 0.686. The molecular formula is C8H3Cl2F3O. The molecule has 0 aliphatic heterocycles. The van der Waals surface area contributed by atoms with Gasteiger partial charge in [-0.3, -0.25) is 4.79 Å². The average Bonchev–Trinajstić information content (AvgIpc) is 2.01. The maximum absolute atomic E-state index is 12.4. The van der Waals surface area contributed by atoms with Crippen LogP contribution in [0.3, 0.4) is 0 Å².